The lowest BCUT2D eigenvalue weighted by Gasteiger charge is -2.05. The van der Waals surface area contributed by atoms with Crippen molar-refractivity contribution in [2.24, 2.45) is 0 Å². The van der Waals surface area contributed by atoms with Gasteiger partial charge in [-0.2, -0.15) is 0 Å². The number of nitro groups is 1. The van der Waals surface area contributed by atoms with E-state index in [-0.39, 0.29) is 32.9 Å². The van der Waals surface area contributed by atoms with Gasteiger partial charge in [0.2, 0.25) is 5.28 Å². The second-order valence-electron chi connectivity index (χ2n) is 3.69. The summed E-state index contributed by atoms with van der Waals surface area (Å²) in [5.41, 5.74) is -0.126. The summed E-state index contributed by atoms with van der Waals surface area (Å²) < 4.78 is 13.3. The number of hydrogen-bond donors (Lipinski definition) is 0. The van der Waals surface area contributed by atoms with Crippen molar-refractivity contribution in [3.05, 3.63) is 50.1 Å². The third-order valence-electron chi connectivity index (χ3n) is 2.35. The Kier molecular flexibility index (Phi) is 3.64. The maximum absolute atomic E-state index is 13.3. The fraction of sp³-hybridized carbons (Fsp3) is 0.0909. The van der Waals surface area contributed by atoms with Crippen LogP contribution in [0.25, 0.3) is 11.3 Å². The molecular weight excluding hydrogens is 296 g/mol. The standard InChI is InChI=1S/C11H6Cl2FN3O2/c1-5-10(17(18)19)9(16-11(13)15-5)6-2-7(12)4-8(14)3-6/h2-4H,1H3. The number of rotatable bonds is 2. The Labute approximate surface area is 117 Å². The van der Waals surface area contributed by atoms with E-state index in [1.807, 2.05) is 0 Å². The van der Waals surface area contributed by atoms with Crippen LogP contribution in [-0.4, -0.2) is 14.9 Å². The predicted molar refractivity (Wildman–Crippen MR) is 68.8 cm³/mol. The van der Waals surface area contributed by atoms with E-state index in [9.17, 15) is 14.5 Å². The quantitative estimate of drug-likeness (QED) is 0.480. The summed E-state index contributed by atoms with van der Waals surface area (Å²) in [6, 6.07) is 3.55. The van der Waals surface area contributed by atoms with Crippen LogP contribution in [0.3, 0.4) is 0 Å². The Morgan fingerprint density at radius 2 is 1.95 bits per heavy atom. The highest BCUT2D eigenvalue weighted by molar-refractivity contribution is 6.31. The van der Waals surface area contributed by atoms with Crippen molar-refractivity contribution in [1.82, 2.24) is 9.97 Å². The maximum Gasteiger partial charge on any atom is 0.316 e. The van der Waals surface area contributed by atoms with Crippen molar-refractivity contribution in [2.75, 3.05) is 0 Å². The minimum Gasteiger partial charge on any atom is -0.258 e. The fourth-order valence-corrected chi connectivity index (χ4v) is 2.08. The van der Waals surface area contributed by atoms with E-state index in [0.717, 1.165) is 12.1 Å². The first-order valence-electron chi connectivity index (χ1n) is 5.03. The van der Waals surface area contributed by atoms with Gasteiger partial charge >= 0.3 is 5.69 Å². The van der Waals surface area contributed by atoms with Crippen LogP contribution < -0.4 is 0 Å². The molecule has 1 aromatic carbocycles. The maximum atomic E-state index is 13.3. The summed E-state index contributed by atoms with van der Waals surface area (Å²) in [7, 11) is 0. The molecule has 0 saturated heterocycles. The van der Waals surface area contributed by atoms with Crippen LogP contribution in [0.5, 0.6) is 0 Å². The number of hydrogen-bond acceptors (Lipinski definition) is 4. The highest BCUT2D eigenvalue weighted by Gasteiger charge is 2.23. The van der Waals surface area contributed by atoms with Crippen molar-refractivity contribution in [3.63, 3.8) is 0 Å². The normalized spacial score (nSPS) is 10.5. The molecule has 1 aromatic heterocycles. The van der Waals surface area contributed by atoms with E-state index in [4.69, 9.17) is 23.2 Å². The van der Waals surface area contributed by atoms with E-state index < -0.39 is 10.7 Å². The Morgan fingerprint density at radius 3 is 2.53 bits per heavy atom. The Balaban J connectivity index is 2.77. The molecule has 0 saturated carbocycles. The zero-order valence-corrected chi connectivity index (χ0v) is 11.0. The molecule has 19 heavy (non-hydrogen) atoms. The molecule has 0 bridgehead atoms. The molecule has 0 aliphatic heterocycles. The van der Waals surface area contributed by atoms with Crippen LogP contribution in [0, 0.1) is 22.9 Å². The Hall–Kier alpha value is -1.79. The van der Waals surface area contributed by atoms with E-state index in [1.54, 1.807) is 0 Å². The van der Waals surface area contributed by atoms with E-state index >= 15 is 0 Å². The highest BCUT2D eigenvalue weighted by atomic mass is 35.5. The molecule has 0 spiro atoms. The third-order valence-corrected chi connectivity index (χ3v) is 2.74. The Morgan fingerprint density at radius 1 is 1.26 bits per heavy atom. The van der Waals surface area contributed by atoms with Gasteiger partial charge in [0.05, 0.1) is 4.92 Å². The smallest absolute Gasteiger partial charge is 0.258 e. The average Bonchev–Trinajstić information content (AvgIpc) is 2.25. The van der Waals surface area contributed by atoms with Crippen LogP contribution in [0.2, 0.25) is 10.3 Å². The van der Waals surface area contributed by atoms with Crippen molar-refractivity contribution < 1.29 is 9.31 Å². The van der Waals surface area contributed by atoms with Gasteiger partial charge in [0.25, 0.3) is 0 Å². The van der Waals surface area contributed by atoms with Crippen LogP contribution in [-0.2, 0) is 0 Å². The molecule has 0 amide bonds. The largest absolute Gasteiger partial charge is 0.316 e. The second kappa shape index (κ2) is 5.07. The fourth-order valence-electron chi connectivity index (χ4n) is 1.64. The van der Waals surface area contributed by atoms with Gasteiger partial charge in [-0.05, 0) is 36.7 Å². The van der Waals surface area contributed by atoms with Crippen LogP contribution >= 0.6 is 23.2 Å². The number of aromatic nitrogens is 2. The van der Waals surface area contributed by atoms with E-state index in [1.165, 1.54) is 13.0 Å². The number of halogens is 3. The molecule has 0 fully saturated rings. The summed E-state index contributed by atoms with van der Waals surface area (Å²) >= 11 is 11.4. The molecule has 2 rings (SSSR count). The molecule has 0 aliphatic carbocycles. The molecule has 0 atom stereocenters. The minimum atomic E-state index is -0.639. The molecule has 8 heteroatoms. The van der Waals surface area contributed by atoms with Crippen molar-refractivity contribution >= 4 is 28.9 Å². The first-order valence-corrected chi connectivity index (χ1v) is 5.79. The molecule has 5 nitrogen and oxygen atoms in total. The second-order valence-corrected chi connectivity index (χ2v) is 4.46. The van der Waals surface area contributed by atoms with Crippen molar-refractivity contribution in [3.8, 4) is 11.3 Å². The molecule has 2 aromatic rings. The topological polar surface area (TPSA) is 68.9 Å². The van der Waals surface area contributed by atoms with E-state index in [0.29, 0.717) is 0 Å². The molecule has 0 unspecified atom stereocenters. The van der Waals surface area contributed by atoms with Crippen LogP contribution in [0.1, 0.15) is 5.69 Å². The van der Waals surface area contributed by atoms with Crippen molar-refractivity contribution in [1.29, 1.82) is 0 Å². The van der Waals surface area contributed by atoms with Gasteiger partial charge in [-0.3, -0.25) is 10.1 Å². The first kappa shape index (κ1) is 13.6. The molecule has 0 N–H and O–H groups in total. The number of nitrogens with zero attached hydrogens (tertiary/aromatic N) is 3. The molecule has 98 valence electrons. The summed E-state index contributed by atoms with van der Waals surface area (Å²) in [6.07, 6.45) is 0. The monoisotopic (exact) mass is 301 g/mol. The molecule has 0 radical (unpaired) electrons. The van der Waals surface area contributed by atoms with Gasteiger partial charge < -0.3 is 0 Å². The van der Waals surface area contributed by atoms with E-state index in [2.05, 4.69) is 9.97 Å². The SMILES string of the molecule is Cc1nc(Cl)nc(-c2cc(F)cc(Cl)c2)c1[N+](=O)[O-]. The Bertz CT molecular complexity index is 659. The molecule has 1 heterocycles. The van der Waals surface area contributed by atoms with Gasteiger partial charge in [0.15, 0.2) is 5.69 Å². The van der Waals surface area contributed by atoms with Gasteiger partial charge in [0, 0.05) is 10.6 Å². The van der Waals surface area contributed by atoms with Gasteiger partial charge in [0.1, 0.15) is 11.5 Å². The lowest BCUT2D eigenvalue weighted by molar-refractivity contribution is -0.385. The highest BCUT2D eigenvalue weighted by Crippen LogP contribution is 2.32. The first-order chi connectivity index (χ1) is 8.88. The average molecular weight is 302 g/mol. The number of benzene rings is 1. The molecular formula is C11H6Cl2FN3O2. The zero-order valence-electron chi connectivity index (χ0n) is 9.52. The lowest BCUT2D eigenvalue weighted by Crippen LogP contribution is -2.01. The predicted octanol–water partition coefficient (Wildman–Crippen LogP) is 3.81. The van der Waals surface area contributed by atoms with Gasteiger partial charge in [-0.15, -0.1) is 0 Å². The number of aryl methyl sites for hydroxylation is 1. The van der Waals surface area contributed by atoms with Crippen LogP contribution in [0.4, 0.5) is 10.1 Å². The lowest BCUT2D eigenvalue weighted by atomic mass is 10.1. The summed E-state index contributed by atoms with van der Waals surface area (Å²) in [5.74, 6) is -0.621. The van der Waals surface area contributed by atoms with Crippen molar-refractivity contribution in [2.45, 2.75) is 6.92 Å². The zero-order chi connectivity index (χ0) is 14.2. The van der Waals surface area contributed by atoms with Gasteiger partial charge in [-0.1, -0.05) is 11.6 Å². The minimum absolute atomic E-state index is 0.0658. The summed E-state index contributed by atoms with van der Waals surface area (Å²) in [5, 5.41) is 11.0. The van der Waals surface area contributed by atoms with Gasteiger partial charge in [-0.25, -0.2) is 14.4 Å². The summed E-state index contributed by atoms with van der Waals surface area (Å²) in [4.78, 5) is 17.9. The van der Waals surface area contributed by atoms with Crippen LogP contribution in [0.15, 0.2) is 18.2 Å². The molecule has 0 aliphatic rings. The third kappa shape index (κ3) is 2.80. The summed E-state index contributed by atoms with van der Waals surface area (Å²) in [6.45, 7) is 1.43.